The monoisotopic (exact) mass is 364 g/mol. The van der Waals surface area contributed by atoms with Crippen molar-refractivity contribution < 1.29 is 29.1 Å². The number of carbonyl (C=O) groups excluding carboxylic acids is 2. The van der Waals surface area contributed by atoms with Gasteiger partial charge in [0, 0.05) is 12.8 Å². The molecule has 5 saturated carbocycles. The van der Waals surface area contributed by atoms with E-state index in [1.807, 2.05) is 0 Å². The van der Waals surface area contributed by atoms with Crippen LogP contribution in [-0.2, 0) is 29.1 Å². The minimum absolute atomic E-state index is 0.00206. The summed E-state index contributed by atoms with van der Waals surface area (Å²) in [6, 6.07) is 0. The fraction of sp³-hybridized carbons (Fsp3) is 0.900. The average molecular weight is 364 g/mol. The van der Waals surface area contributed by atoms with E-state index in [2.05, 4.69) is 0 Å². The molecular weight excluding hydrogens is 336 g/mol. The van der Waals surface area contributed by atoms with Crippen molar-refractivity contribution in [2.24, 2.45) is 35.5 Å². The van der Waals surface area contributed by atoms with Gasteiger partial charge in [0.25, 0.3) is 5.79 Å². The van der Waals surface area contributed by atoms with E-state index in [9.17, 15) is 9.59 Å². The van der Waals surface area contributed by atoms with Crippen LogP contribution in [0.15, 0.2) is 0 Å². The van der Waals surface area contributed by atoms with Gasteiger partial charge in [-0.1, -0.05) is 19.3 Å². The molecule has 0 spiro atoms. The zero-order chi connectivity index (χ0) is 17.7. The molecule has 5 rings (SSSR count). The molecule has 0 aromatic heterocycles. The lowest BCUT2D eigenvalue weighted by Gasteiger charge is -2.32. The summed E-state index contributed by atoms with van der Waals surface area (Å²) in [5, 5.41) is 0. The minimum atomic E-state index is -1.13. The molecular formula is C20H28O6. The van der Waals surface area contributed by atoms with Gasteiger partial charge in [-0.2, -0.15) is 0 Å². The first kappa shape index (κ1) is 17.0. The predicted octanol–water partition coefficient (Wildman–Crippen LogP) is 3.69. The maximum atomic E-state index is 12.3. The second-order valence-electron chi connectivity index (χ2n) is 9.01. The van der Waals surface area contributed by atoms with Gasteiger partial charge in [0.15, 0.2) is 0 Å². The highest BCUT2D eigenvalue weighted by atomic mass is 17.3. The molecule has 26 heavy (non-hydrogen) atoms. The summed E-state index contributed by atoms with van der Waals surface area (Å²) in [6.07, 6.45) is 10.9. The van der Waals surface area contributed by atoms with Crippen molar-refractivity contribution in [3.8, 4) is 0 Å². The standard InChI is InChI=1S/C20H28O6/c21-18(16-12-6-4-7-13(12)16)23-25-20(10-2-1-3-11-20)26-24-19(22)17-14-8-5-9-15(14)17/h12-17H,1-11H2. The molecule has 0 heterocycles. The Bertz CT molecular complexity index is 519. The van der Waals surface area contributed by atoms with Gasteiger partial charge in [-0.05, 0) is 62.2 Å². The summed E-state index contributed by atoms with van der Waals surface area (Å²) in [7, 11) is 0. The van der Waals surface area contributed by atoms with E-state index in [-0.39, 0.29) is 23.8 Å². The zero-order valence-corrected chi connectivity index (χ0v) is 15.2. The van der Waals surface area contributed by atoms with Gasteiger partial charge in [-0.15, -0.1) is 9.78 Å². The van der Waals surface area contributed by atoms with Crippen molar-refractivity contribution in [2.75, 3.05) is 0 Å². The number of carbonyl (C=O) groups is 2. The van der Waals surface area contributed by atoms with Crippen LogP contribution in [0.4, 0.5) is 0 Å². The van der Waals surface area contributed by atoms with Crippen LogP contribution in [0.2, 0.25) is 0 Å². The summed E-state index contributed by atoms with van der Waals surface area (Å²) in [5.74, 6) is 0.256. The molecule has 5 fully saturated rings. The first-order valence-electron chi connectivity index (χ1n) is 10.5. The number of hydrogen-bond acceptors (Lipinski definition) is 6. The van der Waals surface area contributed by atoms with Crippen molar-refractivity contribution in [2.45, 2.75) is 76.4 Å². The van der Waals surface area contributed by atoms with Crippen molar-refractivity contribution in [1.82, 2.24) is 0 Å². The Morgan fingerprint density at radius 1 is 0.615 bits per heavy atom. The van der Waals surface area contributed by atoms with Crippen LogP contribution in [0, 0.1) is 35.5 Å². The molecule has 0 bridgehead atoms. The van der Waals surface area contributed by atoms with Gasteiger partial charge in [0.1, 0.15) is 0 Å². The minimum Gasteiger partial charge on any atom is -0.295 e. The Kier molecular flexibility index (Phi) is 4.24. The van der Waals surface area contributed by atoms with Gasteiger partial charge in [0.05, 0.1) is 11.8 Å². The summed E-state index contributed by atoms with van der Waals surface area (Å²) >= 11 is 0. The van der Waals surface area contributed by atoms with E-state index in [1.165, 1.54) is 12.8 Å². The molecule has 0 aromatic carbocycles. The largest absolute Gasteiger partial charge is 0.346 e. The molecule has 4 unspecified atom stereocenters. The molecule has 0 amide bonds. The number of hydrogen-bond donors (Lipinski definition) is 0. The van der Waals surface area contributed by atoms with Gasteiger partial charge in [0.2, 0.25) is 0 Å². The highest BCUT2D eigenvalue weighted by Gasteiger charge is 2.59. The second kappa shape index (κ2) is 6.48. The fourth-order valence-electron chi connectivity index (χ4n) is 5.96. The fourth-order valence-corrected chi connectivity index (χ4v) is 5.96. The normalized spacial score (nSPS) is 41.8. The Hall–Kier alpha value is -1.14. The van der Waals surface area contributed by atoms with E-state index in [4.69, 9.17) is 19.6 Å². The van der Waals surface area contributed by atoms with E-state index in [0.29, 0.717) is 36.5 Å². The molecule has 0 N–H and O–H groups in total. The van der Waals surface area contributed by atoms with Gasteiger partial charge in [-0.25, -0.2) is 9.59 Å². The van der Waals surface area contributed by atoms with Gasteiger partial charge < -0.3 is 0 Å². The van der Waals surface area contributed by atoms with Crippen LogP contribution in [-0.4, -0.2) is 17.7 Å². The van der Waals surface area contributed by atoms with Crippen molar-refractivity contribution in [1.29, 1.82) is 0 Å². The summed E-state index contributed by atoms with van der Waals surface area (Å²) in [6.45, 7) is 0. The maximum absolute atomic E-state index is 12.3. The predicted molar refractivity (Wildman–Crippen MR) is 88.8 cm³/mol. The average Bonchev–Trinajstić information content (AvgIpc) is 3.37. The van der Waals surface area contributed by atoms with Crippen LogP contribution in [0.3, 0.4) is 0 Å². The van der Waals surface area contributed by atoms with E-state index < -0.39 is 5.79 Å². The number of fused-ring (bicyclic) bond motifs is 2. The van der Waals surface area contributed by atoms with Crippen LogP contribution in [0.5, 0.6) is 0 Å². The van der Waals surface area contributed by atoms with E-state index in [0.717, 1.165) is 44.9 Å². The first-order chi connectivity index (χ1) is 12.7. The highest BCUT2D eigenvalue weighted by molar-refractivity contribution is 5.76. The smallest absolute Gasteiger partial charge is 0.295 e. The third-order valence-corrected chi connectivity index (χ3v) is 7.52. The molecule has 4 atom stereocenters. The van der Waals surface area contributed by atoms with Crippen molar-refractivity contribution in [3.63, 3.8) is 0 Å². The van der Waals surface area contributed by atoms with Crippen molar-refractivity contribution in [3.05, 3.63) is 0 Å². The maximum Gasteiger partial charge on any atom is 0.346 e. The highest BCUT2D eigenvalue weighted by Crippen LogP contribution is 2.59. The number of rotatable bonds is 6. The van der Waals surface area contributed by atoms with Gasteiger partial charge in [-0.3, -0.25) is 9.78 Å². The third kappa shape index (κ3) is 2.95. The SMILES string of the molecule is O=C(OOC1(OOC(=O)C2C3CCCC32)CCCCC1)C1C2CCCC21. The molecule has 0 saturated heterocycles. The Labute approximate surface area is 153 Å². The lowest BCUT2D eigenvalue weighted by molar-refractivity contribution is -0.488. The molecule has 0 aliphatic heterocycles. The Balaban J connectivity index is 1.14. The molecule has 5 aliphatic rings. The van der Waals surface area contributed by atoms with Crippen LogP contribution in [0.1, 0.15) is 70.6 Å². The lowest BCUT2D eigenvalue weighted by Crippen LogP contribution is -2.40. The summed E-state index contributed by atoms with van der Waals surface area (Å²) < 4.78 is 0. The van der Waals surface area contributed by atoms with Crippen LogP contribution in [0.25, 0.3) is 0 Å². The third-order valence-electron chi connectivity index (χ3n) is 7.52. The van der Waals surface area contributed by atoms with Gasteiger partial charge >= 0.3 is 11.9 Å². The molecule has 0 aromatic rings. The summed E-state index contributed by atoms with van der Waals surface area (Å²) in [4.78, 5) is 45.9. The van der Waals surface area contributed by atoms with E-state index >= 15 is 0 Å². The van der Waals surface area contributed by atoms with Crippen LogP contribution < -0.4 is 0 Å². The molecule has 6 heteroatoms. The topological polar surface area (TPSA) is 71.1 Å². The van der Waals surface area contributed by atoms with Crippen molar-refractivity contribution >= 4 is 11.9 Å². The summed E-state index contributed by atoms with van der Waals surface area (Å²) in [5.41, 5.74) is 0. The Morgan fingerprint density at radius 2 is 1.04 bits per heavy atom. The second-order valence-corrected chi connectivity index (χ2v) is 9.01. The molecule has 144 valence electrons. The lowest BCUT2D eigenvalue weighted by atomic mass is 9.94. The molecule has 0 radical (unpaired) electrons. The van der Waals surface area contributed by atoms with Crippen LogP contribution >= 0.6 is 0 Å². The molecule has 5 aliphatic carbocycles. The first-order valence-corrected chi connectivity index (χ1v) is 10.5. The Morgan fingerprint density at radius 3 is 1.46 bits per heavy atom. The quantitative estimate of drug-likeness (QED) is 0.407. The van der Waals surface area contributed by atoms with E-state index in [1.54, 1.807) is 0 Å². The molecule has 6 nitrogen and oxygen atoms in total. The zero-order valence-electron chi connectivity index (χ0n) is 15.2.